The van der Waals surface area contributed by atoms with Crippen molar-refractivity contribution in [2.24, 2.45) is 0 Å². The number of aromatic amines is 2. The molecule has 0 aliphatic carbocycles. The summed E-state index contributed by atoms with van der Waals surface area (Å²) in [6.07, 6.45) is 6.34. The second kappa shape index (κ2) is 10.1. The Bertz CT molecular complexity index is 1440. The van der Waals surface area contributed by atoms with E-state index < -0.39 is 15.7 Å². The van der Waals surface area contributed by atoms with Crippen LogP contribution in [0.4, 0.5) is 4.39 Å². The maximum Gasteiger partial charge on any atom is 0.251 e. The van der Waals surface area contributed by atoms with E-state index in [2.05, 4.69) is 37.6 Å². The first-order chi connectivity index (χ1) is 16.4. The lowest BCUT2D eigenvalue weighted by atomic mass is 10.1. The largest absolute Gasteiger partial charge is 0.352 e. The summed E-state index contributed by atoms with van der Waals surface area (Å²) in [5, 5.41) is 15.5. The van der Waals surface area contributed by atoms with Gasteiger partial charge in [-0.05, 0) is 66.9 Å². The molecule has 0 radical (unpaired) electrons. The lowest BCUT2D eigenvalue weighted by Gasteiger charge is -2.09. The summed E-state index contributed by atoms with van der Waals surface area (Å²) in [6, 6.07) is 11.1. The second-order valence-electron chi connectivity index (χ2n) is 7.36. The summed E-state index contributed by atoms with van der Waals surface area (Å²) < 4.78 is 39.3. The molecule has 10 heteroatoms. The second-order valence-corrected chi connectivity index (χ2v) is 9.24. The summed E-state index contributed by atoms with van der Waals surface area (Å²) in [5.74, 6) is 4.91. The van der Waals surface area contributed by atoms with Crippen molar-refractivity contribution >= 4 is 15.7 Å². The van der Waals surface area contributed by atoms with Gasteiger partial charge in [-0.25, -0.2) is 12.8 Å². The van der Waals surface area contributed by atoms with E-state index in [1.54, 1.807) is 12.4 Å². The number of benzene rings is 2. The molecular formula is C24H20FN5O3S. The number of hydrogen-bond donors (Lipinski definition) is 3. The van der Waals surface area contributed by atoms with Crippen LogP contribution in [0.1, 0.15) is 33.5 Å². The highest BCUT2D eigenvalue weighted by molar-refractivity contribution is 7.91. The number of carbonyl (C=O) groups is 1. The van der Waals surface area contributed by atoms with Gasteiger partial charge in [-0.1, -0.05) is 11.8 Å². The molecule has 3 N–H and O–H groups in total. The molecule has 172 valence electrons. The number of aryl methyl sites for hydroxylation is 1. The number of nitrogens with one attached hydrogen (secondary N) is 3. The molecule has 1 amide bonds. The molecule has 0 saturated heterocycles. The average molecular weight is 478 g/mol. The SMILES string of the molecule is O=C(NCCCc1cn[nH]c1)c1ccc(S(=O)(=O)c2ccn[nH]2)c(C#Cc2ccc(F)cc2)c1. The van der Waals surface area contributed by atoms with Crippen LogP contribution in [0.3, 0.4) is 0 Å². The van der Waals surface area contributed by atoms with Crippen LogP contribution < -0.4 is 5.32 Å². The van der Waals surface area contributed by atoms with Gasteiger partial charge in [0.15, 0.2) is 5.03 Å². The zero-order valence-electron chi connectivity index (χ0n) is 17.9. The fourth-order valence-electron chi connectivity index (χ4n) is 3.20. The predicted octanol–water partition coefficient (Wildman–Crippen LogP) is 2.87. The summed E-state index contributed by atoms with van der Waals surface area (Å²) in [6.45, 7) is 0.439. The maximum atomic E-state index is 13.2. The van der Waals surface area contributed by atoms with Crippen molar-refractivity contribution in [1.29, 1.82) is 0 Å². The molecule has 0 aliphatic rings. The predicted molar refractivity (Wildman–Crippen MR) is 122 cm³/mol. The summed E-state index contributed by atoms with van der Waals surface area (Å²) in [4.78, 5) is 12.6. The number of rotatable bonds is 7. The first-order valence-electron chi connectivity index (χ1n) is 10.4. The van der Waals surface area contributed by atoms with Gasteiger partial charge in [0.05, 0.1) is 17.3 Å². The Morgan fingerprint density at radius 3 is 2.59 bits per heavy atom. The molecule has 0 unspecified atom stereocenters. The van der Waals surface area contributed by atoms with E-state index in [0.717, 1.165) is 18.4 Å². The van der Waals surface area contributed by atoms with E-state index in [1.165, 1.54) is 54.7 Å². The third-order valence-electron chi connectivity index (χ3n) is 4.96. The number of carbonyl (C=O) groups excluding carboxylic acids is 1. The zero-order valence-corrected chi connectivity index (χ0v) is 18.7. The molecule has 8 nitrogen and oxygen atoms in total. The van der Waals surface area contributed by atoms with Crippen LogP contribution in [-0.2, 0) is 16.3 Å². The van der Waals surface area contributed by atoms with E-state index in [-0.39, 0.29) is 27.0 Å². The summed E-state index contributed by atoms with van der Waals surface area (Å²) in [5.41, 5.74) is 1.96. The number of hydrogen-bond acceptors (Lipinski definition) is 5. The minimum Gasteiger partial charge on any atom is -0.352 e. The minimum absolute atomic E-state index is 0.0668. The van der Waals surface area contributed by atoms with Gasteiger partial charge in [0.25, 0.3) is 5.91 Å². The topological polar surface area (TPSA) is 121 Å². The molecule has 4 aromatic rings. The average Bonchev–Trinajstić information content (AvgIpc) is 3.56. The van der Waals surface area contributed by atoms with Crippen molar-refractivity contribution < 1.29 is 17.6 Å². The van der Waals surface area contributed by atoms with Crippen LogP contribution in [-0.4, -0.2) is 41.3 Å². The first kappa shape index (κ1) is 22.9. The van der Waals surface area contributed by atoms with Crippen molar-refractivity contribution in [2.45, 2.75) is 22.8 Å². The number of halogens is 1. The fourth-order valence-corrected chi connectivity index (χ4v) is 4.49. The van der Waals surface area contributed by atoms with Crippen molar-refractivity contribution in [1.82, 2.24) is 25.7 Å². The number of sulfone groups is 1. The molecule has 2 heterocycles. The normalized spacial score (nSPS) is 11.0. The molecule has 0 bridgehead atoms. The van der Waals surface area contributed by atoms with Crippen LogP contribution in [0.15, 0.2) is 77.0 Å². The van der Waals surface area contributed by atoms with Gasteiger partial charge in [-0.3, -0.25) is 15.0 Å². The smallest absolute Gasteiger partial charge is 0.251 e. The number of H-pyrrole nitrogens is 2. The Labute approximate surface area is 195 Å². The van der Waals surface area contributed by atoms with Crippen LogP contribution in [0.5, 0.6) is 0 Å². The van der Waals surface area contributed by atoms with Gasteiger partial charge in [0.2, 0.25) is 9.84 Å². The van der Waals surface area contributed by atoms with E-state index in [0.29, 0.717) is 12.1 Å². The molecule has 2 aromatic carbocycles. The Hall–Kier alpha value is -4.23. The van der Waals surface area contributed by atoms with E-state index in [1.807, 2.05) is 0 Å². The molecule has 2 aromatic heterocycles. The Morgan fingerprint density at radius 2 is 1.88 bits per heavy atom. The Kier molecular flexibility index (Phi) is 6.85. The van der Waals surface area contributed by atoms with Gasteiger partial charge >= 0.3 is 0 Å². The Balaban J connectivity index is 1.60. The third-order valence-corrected chi connectivity index (χ3v) is 6.71. The van der Waals surface area contributed by atoms with E-state index in [4.69, 9.17) is 0 Å². The van der Waals surface area contributed by atoms with Crippen molar-refractivity contribution in [3.05, 3.63) is 95.2 Å². The van der Waals surface area contributed by atoms with E-state index >= 15 is 0 Å². The minimum atomic E-state index is -3.95. The van der Waals surface area contributed by atoms with Gasteiger partial charge in [0, 0.05) is 29.4 Å². The molecule has 0 aliphatic heterocycles. The van der Waals surface area contributed by atoms with Gasteiger partial charge in [-0.15, -0.1) is 0 Å². The number of nitrogens with zero attached hydrogens (tertiary/aromatic N) is 2. The molecule has 34 heavy (non-hydrogen) atoms. The van der Waals surface area contributed by atoms with Gasteiger partial charge in [0.1, 0.15) is 5.82 Å². The van der Waals surface area contributed by atoms with Crippen molar-refractivity contribution in [2.75, 3.05) is 6.54 Å². The van der Waals surface area contributed by atoms with Crippen LogP contribution in [0.25, 0.3) is 0 Å². The lowest BCUT2D eigenvalue weighted by molar-refractivity contribution is 0.0953. The van der Waals surface area contributed by atoms with E-state index in [9.17, 15) is 17.6 Å². The van der Waals surface area contributed by atoms with Crippen molar-refractivity contribution in [3.8, 4) is 11.8 Å². The highest BCUT2D eigenvalue weighted by Crippen LogP contribution is 2.23. The number of aromatic nitrogens is 4. The zero-order chi connectivity index (χ0) is 24.0. The highest BCUT2D eigenvalue weighted by atomic mass is 32.2. The fraction of sp³-hybridized carbons (Fsp3) is 0.125. The standard InChI is InChI=1S/C24H20FN5O3S/c25-21-8-4-17(5-9-21)3-6-19-14-20(24(31)26-12-1-2-18-15-28-29-16-18)7-10-22(19)34(32,33)23-11-13-27-30-23/h4-5,7-11,13-16H,1-2,12H2,(H,26,31)(H,27,30)(H,28,29). The summed E-state index contributed by atoms with van der Waals surface area (Å²) in [7, 11) is -3.95. The molecule has 4 rings (SSSR count). The lowest BCUT2D eigenvalue weighted by Crippen LogP contribution is -2.25. The quantitative estimate of drug-likeness (QED) is 0.279. The molecule has 0 fully saturated rings. The Morgan fingerprint density at radius 1 is 1.06 bits per heavy atom. The molecule has 0 spiro atoms. The van der Waals surface area contributed by atoms with Crippen molar-refractivity contribution in [3.63, 3.8) is 0 Å². The van der Waals surface area contributed by atoms with Crippen LogP contribution in [0.2, 0.25) is 0 Å². The molecule has 0 atom stereocenters. The number of amides is 1. The molecule has 0 saturated carbocycles. The monoisotopic (exact) mass is 477 g/mol. The van der Waals surface area contributed by atoms with Crippen LogP contribution >= 0.6 is 0 Å². The van der Waals surface area contributed by atoms with Gasteiger partial charge in [-0.2, -0.15) is 10.2 Å². The highest BCUT2D eigenvalue weighted by Gasteiger charge is 2.23. The summed E-state index contributed by atoms with van der Waals surface area (Å²) >= 11 is 0. The maximum absolute atomic E-state index is 13.2. The van der Waals surface area contributed by atoms with Crippen LogP contribution in [0, 0.1) is 17.7 Å². The van der Waals surface area contributed by atoms with Gasteiger partial charge < -0.3 is 5.32 Å². The third kappa shape index (κ3) is 5.39. The molecular weight excluding hydrogens is 457 g/mol. The first-order valence-corrected chi connectivity index (χ1v) is 11.8.